The third kappa shape index (κ3) is 6.07. The van der Waals surface area contributed by atoms with E-state index in [1.165, 1.54) is 5.56 Å². The molecule has 0 N–H and O–H groups in total. The van der Waals surface area contributed by atoms with Gasteiger partial charge in [-0.1, -0.05) is 44.9 Å². The van der Waals surface area contributed by atoms with Crippen LogP contribution in [0.1, 0.15) is 68.6 Å². The first-order valence-electron chi connectivity index (χ1n) is 11.4. The van der Waals surface area contributed by atoms with Crippen LogP contribution in [0.3, 0.4) is 0 Å². The van der Waals surface area contributed by atoms with Crippen LogP contribution in [-0.4, -0.2) is 25.3 Å². The van der Waals surface area contributed by atoms with Gasteiger partial charge in [-0.2, -0.15) is 0 Å². The Balaban J connectivity index is 1.55. The molecule has 0 bridgehead atoms. The highest BCUT2D eigenvalue weighted by Gasteiger charge is 2.30. The molecule has 2 aromatic rings. The molecule has 0 spiro atoms. The molecule has 0 aliphatic carbocycles. The lowest BCUT2D eigenvalue weighted by Gasteiger charge is -2.29. The van der Waals surface area contributed by atoms with Gasteiger partial charge in [0.05, 0.1) is 13.2 Å². The number of carbonyl (C=O) groups excluding carboxylic acids is 1. The third-order valence-electron chi connectivity index (χ3n) is 5.81. The first kappa shape index (κ1) is 23.3. The van der Waals surface area contributed by atoms with Gasteiger partial charge in [0.15, 0.2) is 17.7 Å². The smallest absolute Gasteiger partial charge is 0.340 e. The zero-order valence-corrected chi connectivity index (χ0v) is 18.8. The molecule has 1 saturated heterocycles. The Morgan fingerprint density at radius 2 is 1.87 bits per heavy atom. The zero-order chi connectivity index (χ0) is 22.2. The van der Waals surface area contributed by atoms with Crippen LogP contribution in [0.15, 0.2) is 36.4 Å². The van der Waals surface area contributed by atoms with E-state index in [1.54, 1.807) is 13.0 Å². The highest BCUT2D eigenvalue weighted by atomic mass is 19.1. The highest BCUT2D eigenvalue weighted by molar-refractivity contribution is 5.77. The Hall–Kier alpha value is -2.40. The second-order valence-corrected chi connectivity index (χ2v) is 8.21. The van der Waals surface area contributed by atoms with E-state index in [0.29, 0.717) is 36.7 Å². The van der Waals surface area contributed by atoms with Crippen LogP contribution in [0.4, 0.5) is 4.39 Å². The Kier molecular flexibility index (Phi) is 8.47. The Bertz CT molecular complexity index is 854. The van der Waals surface area contributed by atoms with Crippen molar-refractivity contribution in [3.63, 3.8) is 0 Å². The number of rotatable bonds is 9. The lowest BCUT2D eigenvalue weighted by Crippen LogP contribution is -2.34. The summed E-state index contributed by atoms with van der Waals surface area (Å²) in [5.74, 6) is 0.215. The summed E-state index contributed by atoms with van der Waals surface area (Å²) in [6.07, 6.45) is 4.69. The van der Waals surface area contributed by atoms with Crippen LogP contribution in [0, 0.1) is 12.7 Å². The topological polar surface area (TPSA) is 44.8 Å². The number of halogens is 1. The maximum absolute atomic E-state index is 14.7. The summed E-state index contributed by atoms with van der Waals surface area (Å²) in [6, 6.07) is 11.2. The summed E-state index contributed by atoms with van der Waals surface area (Å²) in [5.41, 5.74) is 2.73. The van der Waals surface area contributed by atoms with Crippen LogP contribution in [0.5, 0.6) is 11.5 Å². The lowest BCUT2D eigenvalue weighted by molar-refractivity contribution is -0.150. The second-order valence-electron chi connectivity index (χ2n) is 8.21. The van der Waals surface area contributed by atoms with Gasteiger partial charge in [-0.05, 0) is 67.5 Å². The highest BCUT2D eigenvalue weighted by Crippen LogP contribution is 2.34. The van der Waals surface area contributed by atoms with Crippen LogP contribution in [0.2, 0.25) is 0 Å². The van der Waals surface area contributed by atoms with E-state index < -0.39 is 6.10 Å². The molecule has 0 amide bonds. The minimum Gasteiger partial charge on any atom is -0.491 e. The molecule has 5 heteroatoms. The quantitative estimate of drug-likeness (QED) is 0.274. The fourth-order valence-corrected chi connectivity index (χ4v) is 3.93. The maximum atomic E-state index is 14.7. The molecule has 2 aromatic carbocycles. The standard InChI is InChI=1S/C26H33FO4/c1-4-6-16-29-23-15-13-22(18(3)25(23)27)20-10-14-24(30-17-20)26(28)31-21-11-8-19(7-5-2)9-12-21/h8-9,11-13,15,20,24H,4-7,10,14,16-17H2,1-3H3. The van der Waals surface area contributed by atoms with E-state index in [0.717, 1.165) is 37.7 Å². The fraction of sp³-hybridized carbons (Fsp3) is 0.500. The number of benzene rings is 2. The molecule has 168 valence electrons. The average Bonchev–Trinajstić information content (AvgIpc) is 2.78. The molecule has 1 aliphatic rings. The van der Waals surface area contributed by atoms with Crippen LogP contribution < -0.4 is 9.47 Å². The minimum atomic E-state index is -0.589. The van der Waals surface area contributed by atoms with E-state index in [2.05, 4.69) is 13.8 Å². The van der Waals surface area contributed by atoms with Crippen molar-refractivity contribution in [2.24, 2.45) is 0 Å². The summed E-state index contributed by atoms with van der Waals surface area (Å²) < 4.78 is 31.6. The van der Waals surface area contributed by atoms with Crippen LogP contribution >= 0.6 is 0 Å². The number of ether oxygens (including phenoxy) is 3. The van der Waals surface area contributed by atoms with Gasteiger partial charge in [0.2, 0.25) is 0 Å². The van der Waals surface area contributed by atoms with E-state index in [4.69, 9.17) is 14.2 Å². The van der Waals surface area contributed by atoms with Gasteiger partial charge in [-0.15, -0.1) is 0 Å². The first-order valence-corrected chi connectivity index (χ1v) is 11.4. The van der Waals surface area contributed by atoms with Gasteiger partial charge >= 0.3 is 5.97 Å². The van der Waals surface area contributed by atoms with Crippen molar-refractivity contribution in [3.8, 4) is 11.5 Å². The first-order chi connectivity index (χ1) is 15.0. The number of hydrogen-bond donors (Lipinski definition) is 0. The molecule has 1 heterocycles. The zero-order valence-electron chi connectivity index (χ0n) is 18.8. The van der Waals surface area contributed by atoms with Crippen molar-refractivity contribution in [3.05, 3.63) is 58.9 Å². The van der Waals surface area contributed by atoms with E-state index in [1.807, 2.05) is 30.3 Å². The summed E-state index contributed by atoms with van der Waals surface area (Å²) in [5, 5.41) is 0. The number of aryl methyl sites for hydroxylation is 1. The van der Waals surface area contributed by atoms with Crippen LogP contribution in [-0.2, 0) is 16.0 Å². The summed E-state index contributed by atoms with van der Waals surface area (Å²) in [6.45, 7) is 6.87. The predicted molar refractivity (Wildman–Crippen MR) is 119 cm³/mol. The lowest BCUT2D eigenvalue weighted by atomic mass is 9.88. The van der Waals surface area contributed by atoms with Gasteiger partial charge in [0.25, 0.3) is 0 Å². The van der Waals surface area contributed by atoms with Crippen molar-refractivity contribution in [1.29, 1.82) is 0 Å². The monoisotopic (exact) mass is 428 g/mol. The Morgan fingerprint density at radius 1 is 1.10 bits per heavy atom. The molecule has 1 aliphatic heterocycles. The van der Waals surface area contributed by atoms with E-state index in [9.17, 15) is 9.18 Å². The van der Waals surface area contributed by atoms with Gasteiger partial charge in [0, 0.05) is 5.92 Å². The van der Waals surface area contributed by atoms with E-state index in [-0.39, 0.29) is 17.7 Å². The predicted octanol–water partition coefficient (Wildman–Crippen LogP) is 6.13. The Labute approximate surface area is 184 Å². The molecular formula is C26H33FO4. The van der Waals surface area contributed by atoms with Gasteiger partial charge in [-0.25, -0.2) is 9.18 Å². The van der Waals surface area contributed by atoms with Gasteiger partial charge in [0.1, 0.15) is 5.75 Å². The molecule has 4 nitrogen and oxygen atoms in total. The number of esters is 1. The van der Waals surface area contributed by atoms with Gasteiger partial charge < -0.3 is 14.2 Å². The van der Waals surface area contributed by atoms with E-state index >= 15 is 0 Å². The van der Waals surface area contributed by atoms with Crippen molar-refractivity contribution < 1.29 is 23.4 Å². The number of carbonyl (C=O) groups is 1. The molecule has 0 radical (unpaired) electrons. The second kappa shape index (κ2) is 11.3. The molecule has 2 unspecified atom stereocenters. The number of unbranched alkanes of at least 4 members (excludes halogenated alkanes) is 1. The van der Waals surface area contributed by atoms with Crippen molar-refractivity contribution in [2.45, 2.75) is 71.3 Å². The molecule has 0 saturated carbocycles. The van der Waals surface area contributed by atoms with Gasteiger partial charge in [-0.3, -0.25) is 0 Å². The van der Waals surface area contributed by atoms with Crippen molar-refractivity contribution in [2.75, 3.05) is 13.2 Å². The third-order valence-corrected chi connectivity index (χ3v) is 5.81. The molecule has 31 heavy (non-hydrogen) atoms. The largest absolute Gasteiger partial charge is 0.491 e. The molecule has 3 rings (SSSR count). The maximum Gasteiger partial charge on any atom is 0.340 e. The SMILES string of the molecule is CCCCOc1ccc(C2CCC(C(=O)Oc3ccc(CCC)cc3)OC2)c(C)c1F. The molecule has 2 atom stereocenters. The van der Waals surface area contributed by atoms with Crippen molar-refractivity contribution in [1.82, 2.24) is 0 Å². The minimum absolute atomic E-state index is 0.0524. The van der Waals surface area contributed by atoms with Crippen molar-refractivity contribution >= 4 is 5.97 Å². The Morgan fingerprint density at radius 3 is 2.52 bits per heavy atom. The summed E-state index contributed by atoms with van der Waals surface area (Å²) in [4.78, 5) is 12.5. The summed E-state index contributed by atoms with van der Waals surface area (Å²) in [7, 11) is 0. The normalized spacial score (nSPS) is 18.6. The van der Waals surface area contributed by atoms with Crippen LogP contribution in [0.25, 0.3) is 0 Å². The molecule has 0 aromatic heterocycles. The number of hydrogen-bond acceptors (Lipinski definition) is 4. The molecule has 1 fully saturated rings. The average molecular weight is 429 g/mol. The fourth-order valence-electron chi connectivity index (χ4n) is 3.93. The summed E-state index contributed by atoms with van der Waals surface area (Å²) >= 11 is 0. The molecular weight excluding hydrogens is 395 g/mol.